The number of nitrogens with zero attached hydrogens (tertiary/aromatic N) is 1. The molecule has 1 aliphatic heterocycles. The first-order valence-corrected chi connectivity index (χ1v) is 10.2. The second kappa shape index (κ2) is 8.83. The SMILES string of the molecule is COc1ccc(C(=O)Nc2cc(C3(C)CCSC(N)=N3)ccc2F)c(OC)c1OC. The predicted octanol–water partition coefficient (Wildman–Crippen LogP) is 3.77. The van der Waals surface area contributed by atoms with Gasteiger partial charge in [-0.15, -0.1) is 0 Å². The number of methoxy groups -OCH3 is 3. The first kappa shape index (κ1) is 21.8. The van der Waals surface area contributed by atoms with E-state index in [1.165, 1.54) is 45.2 Å². The minimum Gasteiger partial charge on any atom is -0.493 e. The van der Waals surface area contributed by atoms with Crippen LogP contribution in [0.2, 0.25) is 0 Å². The fourth-order valence-corrected chi connectivity index (χ4v) is 4.30. The maximum absolute atomic E-state index is 14.5. The second-order valence-corrected chi connectivity index (χ2v) is 7.97. The monoisotopic (exact) mass is 433 g/mol. The molecule has 3 N–H and O–H groups in total. The standard InChI is InChI=1S/C21H24FN3O4S/c1-21(9-10-30-20(23)25-21)12-5-7-14(22)15(11-12)24-19(26)13-6-8-16(27-2)18(29-4)17(13)28-3/h5-8,11H,9-10H2,1-4H3,(H2,23,25)(H,24,26). The summed E-state index contributed by atoms with van der Waals surface area (Å²) in [5.41, 5.74) is 6.30. The molecule has 3 rings (SSSR count). The molecule has 160 valence electrons. The number of carbonyl (C=O) groups excluding carboxylic acids is 1. The highest BCUT2D eigenvalue weighted by atomic mass is 32.2. The van der Waals surface area contributed by atoms with E-state index in [0.717, 1.165) is 17.7 Å². The Labute approximate surface area is 178 Å². The summed E-state index contributed by atoms with van der Waals surface area (Å²) in [5.74, 6) is 0.595. The normalized spacial score (nSPS) is 18.4. The van der Waals surface area contributed by atoms with Gasteiger partial charge in [0.05, 0.1) is 38.1 Å². The van der Waals surface area contributed by atoms with Crippen molar-refractivity contribution in [3.8, 4) is 17.2 Å². The minimum atomic E-state index is -0.580. The topological polar surface area (TPSA) is 95.2 Å². The van der Waals surface area contributed by atoms with Crippen molar-refractivity contribution in [2.45, 2.75) is 18.9 Å². The number of hydrogen-bond donors (Lipinski definition) is 2. The number of amides is 1. The summed E-state index contributed by atoms with van der Waals surface area (Å²) in [7, 11) is 4.34. The van der Waals surface area contributed by atoms with Crippen molar-refractivity contribution in [1.82, 2.24) is 0 Å². The van der Waals surface area contributed by atoms with E-state index < -0.39 is 17.3 Å². The minimum absolute atomic E-state index is 0.0440. The van der Waals surface area contributed by atoms with E-state index in [0.29, 0.717) is 10.9 Å². The smallest absolute Gasteiger partial charge is 0.259 e. The van der Waals surface area contributed by atoms with E-state index >= 15 is 0 Å². The Balaban J connectivity index is 1.96. The summed E-state index contributed by atoms with van der Waals surface area (Å²) in [5, 5.41) is 3.12. The lowest BCUT2D eigenvalue weighted by Gasteiger charge is -2.30. The highest BCUT2D eigenvalue weighted by Gasteiger charge is 2.30. The molecule has 0 saturated carbocycles. The van der Waals surface area contributed by atoms with Crippen molar-refractivity contribution in [2.24, 2.45) is 10.7 Å². The van der Waals surface area contributed by atoms with Crippen LogP contribution in [-0.4, -0.2) is 38.2 Å². The summed E-state index contributed by atoms with van der Waals surface area (Å²) in [6.45, 7) is 1.94. The molecular weight excluding hydrogens is 409 g/mol. The molecule has 0 aromatic heterocycles. The Bertz CT molecular complexity index is 998. The average molecular weight is 434 g/mol. The van der Waals surface area contributed by atoms with E-state index in [1.807, 2.05) is 6.92 Å². The summed E-state index contributed by atoms with van der Waals surface area (Å²) < 4.78 is 30.4. The van der Waals surface area contributed by atoms with Crippen molar-refractivity contribution in [2.75, 3.05) is 32.4 Å². The van der Waals surface area contributed by atoms with Crippen LogP contribution in [0.5, 0.6) is 17.2 Å². The lowest BCUT2D eigenvalue weighted by atomic mass is 9.89. The molecule has 1 aliphatic rings. The quantitative estimate of drug-likeness (QED) is 0.720. The molecule has 2 aromatic carbocycles. The zero-order valence-electron chi connectivity index (χ0n) is 17.2. The van der Waals surface area contributed by atoms with Gasteiger partial charge in [0.2, 0.25) is 5.75 Å². The number of halogens is 1. The maximum Gasteiger partial charge on any atom is 0.259 e. The number of nitrogens with one attached hydrogen (secondary N) is 1. The lowest BCUT2D eigenvalue weighted by molar-refractivity contribution is 0.102. The fraction of sp³-hybridized carbons (Fsp3) is 0.333. The molecular formula is C21H24FN3O4S. The molecule has 30 heavy (non-hydrogen) atoms. The van der Waals surface area contributed by atoms with Crippen molar-refractivity contribution in [1.29, 1.82) is 0 Å². The van der Waals surface area contributed by atoms with Gasteiger partial charge in [0.15, 0.2) is 16.7 Å². The van der Waals surface area contributed by atoms with Crippen molar-refractivity contribution in [3.05, 3.63) is 47.3 Å². The van der Waals surface area contributed by atoms with Crippen LogP contribution < -0.4 is 25.3 Å². The Morgan fingerprint density at radius 2 is 1.90 bits per heavy atom. The lowest BCUT2D eigenvalue weighted by Crippen LogP contribution is -2.29. The molecule has 0 aliphatic carbocycles. The summed E-state index contributed by atoms with van der Waals surface area (Å²) in [6.07, 6.45) is 0.751. The molecule has 0 bridgehead atoms. The number of carbonyl (C=O) groups is 1. The van der Waals surface area contributed by atoms with Gasteiger partial charge >= 0.3 is 0 Å². The molecule has 2 aromatic rings. The highest BCUT2D eigenvalue weighted by molar-refractivity contribution is 8.13. The van der Waals surface area contributed by atoms with Gasteiger partial charge < -0.3 is 25.3 Å². The molecule has 0 fully saturated rings. The van der Waals surface area contributed by atoms with Crippen LogP contribution >= 0.6 is 11.8 Å². The zero-order valence-corrected chi connectivity index (χ0v) is 18.1. The summed E-state index contributed by atoms with van der Waals surface area (Å²) >= 11 is 1.49. The first-order valence-electron chi connectivity index (χ1n) is 9.21. The number of anilines is 1. The third-order valence-corrected chi connectivity index (χ3v) is 5.78. The number of amidine groups is 1. The predicted molar refractivity (Wildman–Crippen MR) is 117 cm³/mol. The number of aliphatic imine (C=N–C) groups is 1. The largest absolute Gasteiger partial charge is 0.493 e. The molecule has 1 unspecified atom stereocenters. The van der Waals surface area contributed by atoms with Crippen LogP contribution in [-0.2, 0) is 5.54 Å². The first-order chi connectivity index (χ1) is 14.3. The van der Waals surface area contributed by atoms with Crippen LogP contribution in [0.25, 0.3) is 0 Å². The highest BCUT2D eigenvalue weighted by Crippen LogP contribution is 2.40. The number of hydrogen-bond acceptors (Lipinski definition) is 7. The Morgan fingerprint density at radius 1 is 1.17 bits per heavy atom. The summed E-state index contributed by atoms with van der Waals surface area (Å²) in [6, 6.07) is 7.68. The second-order valence-electron chi connectivity index (χ2n) is 6.85. The molecule has 0 radical (unpaired) electrons. The molecule has 1 heterocycles. The van der Waals surface area contributed by atoms with Gasteiger partial charge in [0.1, 0.15) is 5.82 Å². The van der Waals surface area contributed by atoms with Gasteiger partial charge in [-0.3, -0.25) is 9.79 Å². The van der Waals surface area contributed by atoms with Gasteiger partial charge in [-0.25, -0.2) is 4.39 Å². The van der Waals surface area contributed by atoms with Crippen LogP contribution in [0.1, 0.15) is 29.3 Å². The van der Waals surface area contributed by atoms with E-state index in [2.05, 4.69) is 10.3 Å². The number of ether oxygens (including phenoxy) is 3. The van der Waals surface area contributed by atoms with Gasteiger partial charge in [-0.2, -0.15) is 0 Å². The third-order valence-electron chi connectivity index (χ3n) is 4.98. The van der Waals surface area contributed by atoms with E-state index in [9.17, 15) is 9.18 Å². The Hall–Kier alpha value is -2.94. The van der Waals surface area contributed by atoms with Crippen molar-refractivity contribution >= 4 is 28.5 Å². The molecule has 0 spiro atoms. The molecule has 7 nitrogen and oxygen atoms in total. The Kier molecular flexibility index (Phi) is 6.40. The van der Waals surface area contributed by atoms with E-state index in [4.69, 9.17) is 19.9 Å². The van der Waals surface area contributed by atoms with Gasteiger partial charge in [-0.1, -0.05) is 17.8 Å². The molecule has 1 amide bonds. The van der Waals surface area contributed by atoms with E-state index in [1.54, 1.807) is 18.2 Å². The van der Waals surface area contributed by atoms with Gasteiger partial charge in [0, 0.05) is 5.75 Å². The Morgan fingerprint density at radius 3 is 2.53 bits per heavy atom. The van der Waals surface area contributed by atoms with Crippen LogP contribution in [0.4, 0.5) is 10.1 Å². The number of thioether (sulfide) groups is 1. The van der Waals surface area contributed by atoms with Gasteiger partial charge in [-0.05, 0) is 43.2 Å². The van der Waals surface area contributed by atoms with Crippen LogP contribution in [0, 0.1) is 5.82 Å². The van der Waals surface area contributed by atoms with E-state index in [-0.39, 0.29) is 22.7 Å². The maximum atomic E-state index is 14.5. The third kappa shape index (κ3) is 4.16. The van der Waals surface area contributed by atoms with Gasteiger partial charge in [0.25, 0.3) is 5.91 Å². The zero-order chi connectivity index (χ0) is 21.9. The van der Waals surface area contributed by atoms with Crippen LogP contribution in [0.15, 0.2) is 35.3 Å². The fourth-order valence-electron chi connectivity index (χ4n) is 3.32. The number of benzene rings is 2. The van der Waals surface area contributed by atoms with Crippen molar-refractivity contribution < 1.29 is 23.4 Å². The summed E-state index contributed by atoms with van der Waals surface area (Å²) in [4.78, 5) is 17.5. The number of nitrogens with two attached hydrogens (primary N) is 1. The molecule has 0 saturated heterocycles. The molecule has 1 atom stereocenters. The number of rotatable bonds is 6. The molecule has 9 heteroatoms. The van der Waals surface area contributed by atoms with Crippen molar-refractivity contribution in [3.63, 3.8) is 0 Å². The average Bonchev–Trinajstić information content (AvgIpc) is 2.73. The van der Waals surface area contributed by atoms with Crippen LogP contribution in [0.3, 0.4) is 0 Å².